The second-order valence-corrected chi connectivity index (χ2v) is 6.61. The summed E-state index contributed by atoms with van der Waals surface area (Å²) in [6.07, 6.45) is 23.9. The molecule has 3 heteroatoms. The first-order valence-electron chi connectivity index (χ1n) is 9.74. The van der Waals surface area contributed by atoms with Gasteiger partial charge in [-0.3, -0.25) is 4.79 Å². The summed E-state index contributed by atoms with van der Waals surface area (Å²) in [6.45, 7) is 6.46. The van der Waals surface area contributed by atoms with Crippen molar-refractivity contribution in [3.8, 4) is 0 Å². The van der Waals surface area contributed by atoms with Gasteiger partial charge < -0.3 is 10.2 Å². The SMILES string of the molecule is CCC(C)/C=C/C=C\CC(O)/C=C/C=C\C=C\C(CC)CCCC(=O)O. The molecule has 0 saturated heterocycles. The highest BCUT2D eigenvalue weighted by atomic mass is 16.4. The van der Waals surface area contributed by atoms with Crippen LogP contribution in [0.25, 0.3) is 0 Å². The van der Waals surface area contributed by atoms with E-state index in [4.69, 9.17) is 5.11 Å². The number of rotatable bonds is 14. The normalized spacial score (nSPS) is 16.5. The zero-order valence-electron chi connectivity index (χ0n) is 16.6. The molecule has 0 radical (unpaired) electrons. The number of carbonyl (C=O) groups is 1. The van der Waals surface area contributed by atoms with Crippen molar-refractivity contribution in [3.63, 3.8) is 0 Å². The van der Waals surface area contributed by atoms with E-state index in [1.54, 1.807) is 6.08 Å². The molecule has 2 N–H and O–H groups in total. The van der Waals surface area contributed by atoms with Crippen LogP contribution in [0, 0.1) is 11.8 Å². The van der Waals surface area contributed by atoms with Crippen LogP contribution in [0.3, 0.4) is 0 Å². The number of aliphatic hydroxyl groups is 1. The van der Waals surface area contributed by atoms with E-state index in [-0.39, 0.29) is 6.42 Å². The zero-order chi connectivity index (χ0) is 19.6. The maximum absolute atomic E-state index is 10.5. The van der Waals surface area contributed by atoms with E-state index in [0.717, 1.165) is 19.3 Å². The van der Waals surface area contributed by atoms with Crippen LogP contribution in [0.15, 0.2) is 60.8 Å². The van der Waals surface area contributed by atoms with Gasteiger partial charge in [0, 0.05) is 6.42 Å². The minimum Gasteiger partial charge on any atom is -0.481 e. The first-order chi connectivity index (χ1) is 12.5. The van der Waals surface area contributed by atoms with Gasteiger partial charge >= 0.3 is 5.97 Å². The van der Waals surface area contributed by atoms with Crippen LogP contribution in [0.1, 0.15) is 59.3 Å². The largest absolute Gasteiger partial charge is 0.481 e. The number of allylic oxidation sites excluding steroid dienone is 8. The highest BCUT2D eigenvalue weighted by Gasteiger charge is 2.03. The van der Waals surface area contributed by atoms with E-state index in [9.17, 15) is 9.90 Å². The lowest BCUT2D eigenvalue weighted by Crippen LogP contribution is -1.99. The summed E-state index contributed by atoms with van der Waals surface area (Å²) in [5, 5.41) is 18.5. The molecule has 0 saturated carbocycles. The molecule has 0 aliphatic heterocycles. The Kier molecular flexibility index (Phi) is 15.4. The molecule has 26 heavy (non-hydrogen) atoms. The first-order valence-corrected chi connectivity index (χ1v) is 9.74. The van der Waals surface area contributed by atoms with Crippen molar-refractivity contribution in [2.75, 3.05) is 0 Å². The lowest BCUT2D eigenvalue weighted by atomic mass is 9.98. The van der Waals surface area contributed by atoms with E-state index in [2.05, 4.69) is 32.9 Å². The van der Waals surface area contributed by atoms with Gasteiger partial charge in [0.25, 0.3) is 0 Å². The molecule has 0 bridgehead atoms. The van der Waals surface area contributed by atoms with Crippen LogP contribution >= 0.6 is 0 Å². The number of carboxylic acid groups (broad SMARTS) is 1. The van der Waals surface area contributed by atoms with Crippen molar-refractivity contribution >= 4 is 5.97 Å². The number of aliphatic hydroxyl groups excluding tert-OH is 1. The fourth-order valence-corrected chi connectivity index (χ4v) is 2.26. The molecule has 3 nitrogen and oxygen atoms in total. The van der Waals surface area contributed by atoms with Crippen LogP contribution in [-0.2, 0) is 4.79 Å². The molecule has 0 fully saturated rings. The third-order valence-electron chi connectivity index (χ3n) is 4.25. The van der Waals surface area contributed by atoms with Crippen LogP contribution < -0.4 is 0 Å². The number of hydrogen-bond donors (Lipinski definition) is 2. The predicted octanol–water partition coefficient (Wildman–Crippen LogP) is 5.85. The van der Waals surface area contributed by atoms with Crippen LogP contribution in [-0.4, -0.2) is 22.3 Å². The van der Waals surface area contributed by atoms with Gasteiger partial charge in [-0.1, -0.05) is 88.0 Å². The van der Waals surface area contributed by atoms with Crippen LogP contribution in [0.5, 0.6) is 0 Å². The maximum atomic E-state index is 10.5. The van der Waals surface area contributed by atoms with Crippen LogP contribution in [0.4, 0.5) is 0 Å². The molecule has 3 unspecified atom stereocenters. The molecule has 0 spiro atoms. The van der Waals surface area contributed by atoms with Crippen molar-refractivity contribution in [2.45, 2.75) is 65.4 Å². The van der Waals surface area contributed by atoms with Gasteiger partial charge in [-0.25, -0.2) is 0 Å². The lowest BCUT2D eigenvalue weighted by Gasteiger charge is -2.07. The van der Waals surface area contributed by atoms with E-state index in [1.807, 2.05) is 42.5 Å². The Morgan fingerprint density at radius 3 is 2.19 bits per heavy atom. The molecule has 0 aliphatic carbocycles. The third-order valence-corrected chi connectivity index (χ3v) is 4.25. The molecule has 0 aromatic rings. The van der Waals surface area contributed by atoms with Gasteiger partial charge in [-0.15, -0.1) is 0 Å². The van der Waals surface area contributed by atoms with Crippen LogP contribution in [0.2, 0.25) is 0 Å². The Bertz CT molecular complexity index is 498. The van der Waals surface area contributed by atoms with Crippen molar-refractivity contribution in [1.82, 2.24) is 0 Å². The molecule has 3 atom stereocenters. The average molecular weight is 361 g/mol. The average Bonchev–Trinajstić information content (AvgIpc) is 2.62. The van der Waals surface area contributed by atoms with Crippen molar-refractivity contribution < 1.29 is 15.0 Å². The Morgan fingerprint density at radius 1 is 0.923 bits per heavy atom. The fraction of sp³-hybridized carbons (Fsp3) is 0.522. The van der Waals surface area contributed by atoms with Gasteiger partial charge in [0.05, 0.1) is 6.10 Å². The predicted molar refractivity (Wildman–Crippen MR) is 111 cm³/mol. The van der Waals surface area contributed by atoms with Gasteiger partial charge in [-0.05, 0) is 37.5 Å². The smallest absolute Gasteiger partial charge is 0.303 e. The quantitative estimate of drug-likeness (QED) is 0.382. The molecule has 0 aromatic carbocycles. The summed E-state index contributed by atoms with van der Waals surface area (Å²) in [5.41, 5.74) is 0. The van der Waals surface area contributed by atoms with E-state index in [1.165, 1.54) is 0 Å². The Hall–Kier alpha value is -1.87. The zero-order valence-corrected chi connectivity index (χ0v) is 16.6. The van der Waals surface area contributed by atoms with E-state index >= 15 is 0 Å². The fourth-order valence-electron chi connectivity index (χ4n) is 2.26. The molecule has 0 amide bonds. The van der Waals surface area contributed by atoms with Gasteiger partial charge in [0.2, 0.25) is 0 Å². The standard InChI is InChI=1S/C23H36O3/c1-4-20(3)14-9-8-12-18-22(24)17-11-7-6-10-15-21(5-2)16-13-19-23(25)26/h6-12,14-15,17,20-22,24H,4-5,13,16,18-19H2,1-3H3,(H,25,26)/b7-6-,12-8-,14-9+,15-10+,17-11+. The monoisotopic (exact) mass is 360 g/mol. The Labute approximate surface area is 159 Å². The summed E-state index contributed by atoms with van der Waals surface area (Å²) in [4.78, 5) is 10.5. The summed E-state index contributed by atoms with van der Waals surface area (Å²) in [5.74, 6) is 0.281. The summed E-state index contributed by atoms with van der Waals surface area (Å²) < 4.78 is 0. The molecular weight excluding hydrogens is 324 g/mol. The lowest BCUT2D eigenvalue weighted by molar-refractivity contribution is -0.137. The number of carboxylic acids is 1. The summed E-state index contributed by atoms with van der Waals surface area (Å²) >= 11 is 0. The molecule has 0 aliphatic rings. The van der Waals surface area contributed by atoms with Gasteiger partial charge in [-0.2, -0.15) is 0 Å². The molecular formula is C23H36O3. The van der Waals surface area contributed by atoms with E-state index in [0.29, 0.717) is 24.7 Å². The van der Waals surface area contributed by atoms with Gasteiger partial charge in [0.15, 0.2) is 0 Å². The maximum Gasteiger partial charge on any atom is 0.303 e. The van der Waals surface area contributed by atoms with Crippen molar-refractivity contribution in [2.24, 2.45) is 11.8 Å². The summed E-state index contributed by atoms with van der Waals surface area (Å²) in [7, 11) is 0. The second kappa shape index (κ2) is 16.6. The van der Waals surface area contributed by atoms with E-state index < -0.39 is 12.1 Å². The molecule has 0 rings (SSSR count). The van der Waals surface area contributed by atoms with Crippen molar-refractivity contribution in [3.05, 3.63) is 60.8 Å². The Morgan fingerprint density at radius 2 is 1.58 bits per heavy atom. The minimum absolute atomic E-state index is 0.239. The summed E-state index contributed by atoms with van der Waals surface area (Å²) in [6, 6.07) is 0. The second-order valence-electron chi connectivity index (χ2n) is 6.61. The van der Waals surface area contributed by atoms with Gasteiger partial charge in [0.1, 0.15) is 0 Å². The number of aliphatic carboxylic acids is 1. The highest BCUT2D eigenvalue weighted by molar-refractivity contribution is 5.66. The topological polar surface area (TPSA) is 57.5 Å². The first kappa shape index (κ1) is 24.1. The third kappa shape index (κ3) is 15.6. The number of hydrogen-bond acceptors (Lipinski definition) is 2. The Balaban J connectivity index is 4.07. The molecule has 146 valence electrons. The minimum atomic E-state index is -0.728. The highest BCUT2D eigenvalue weighted by Crippen LogP contribution is 2.14. The molecule has 0 aromatic heterocycles. The van der Waals surface area contributed by atoms with Crippen molar-refractivity contribution in [1.29, 1.82) is 0 Å². The molecule has 0 heterocycles.